The minimum absolute atomic E-state index is 0.866. The smallest absolute Gasteiger partial charge is 0.136 e. The van der Waals surface area contributed by atoms with Crippen LogP contribution in [0.2, 0.25) is 0 Å². The lowest BCUT2D eigenvalue weighted by atomic mass is 10.0. The second-order valence-electron chi connectivity index (χ2n) is 6.83. The number of benzene rings is 2. The van der Waals surface area contributed by atoms with Crippen molar-refractivity contribution in [2.75, 3.05) is 18.0 Å². The first-order valence-electron chi connectivity index (χ1n) is 9.17. The molecule has 0 aliphatic carbocycles. The molecule has 2 aromatic heterocycles. The Morgan fingerprint density at radius 1 is 0.769 bits per heavy atom. The van der Waals surface area contributed by atoms with Gasteiger partial charge in [0, 0.05) is 30.2 Å². The van der Waals surface area contributed by atoms with Crippen LogP contribution in [0.25, 0.3) is 33.4 Å². The third-order valence-electron chi connectivity index (χ3n) is 5.09. The number of pyridine rings is 1. The zero-order valence-corrected chi connectivity index (χ0v) is 14.6. The Morgan fingerprint density at radius 3 is 2.35 bits per heavy atom. The Labute approximate surface area is 152 Å². The maximum Gasteiger partial charge on any atom is 0.136 e. The summed E-state index contributed by atoms with van der Waals surface area (Å²) in [6, 6.07) is 23.1. The fourth-order valence-electron chi connectivity index (χ4n) is 3.66. The lowest BCUT2D eigenvalue weighted by Crippen LogP contribution is -2.18. The molecule has 128 valence electrons. The SMILES string of the molecule is c1ccc(-c2ccc3oc(-c4ccc(N5CCCC5)nc4)cc3c2)cc1. The van der Waals surface area contributed by atoms with Gasteiger partial charge in [-0.15, -0.1) is 0 Å². The highest BCUT2D eigenvalue weighted by atomic mass is 16.3. The summed E-state index contributed by atoms with van der Waals surface area (Å²) in [4.78, 5) is 6.98. The van der Waals surface area contributed by atoms with Crippen molar-refractivity contribution in [2.45, 2.75) is 12.8 Å². The van der Waals surface area contributed by atoms with E-state index >= 15 is 0 Å². The Hall–Kier alpha value is -3.07. The molecule has 1 saturated heterocycles. The second-order valence-corrected chi connectivity index (χ2v) is 6.83. The van der Waals surface area contributed by atoms with Crippen molar-refractivity contribution in [2.24, 2.45) is 0 Å². The minimum Gasteiger partial charge on any atom is -0.456 e. The van der Waals surface area contributed by atoms with Crippen LogP contribution in [0.5, 0.6) is 0 Å². The average molecular weight is 340 g/mol. The highest BCUT2D eigenvalue weighted by Crippen LogP contribution is 2.31. The van der Waals surface area contributed by atoms with Crippen molar-refractivity contribution in [1.82, 2.24) is 4.98 Å². The van der Waals surface area contributed by atoms with Gasteiger partial charge in [0.1, 0.15) is 17.2 Å². The number of rotatable bonds is 3. The Balaban J connectivity index is 1.47. The summed E-state index contributed by atoms with van der Waals surface area (Å²) in [7, 11) is 0. The number of hydrogen-bond acceptors (Lipinski definition) is 3. The lowest BCUT2D eigenvalue weighted by Gasteiger charge is -2.15. The number of furan rings is 1. The summed E-state index contributed by atoms with van der Waals surface area (Å²) < 4.78 is 6.06. The molecular formula is C23H20N2O. The van der Waals surface area contributed by atoms with Crippen molar-refractivity contribution < 1.29 is 4.42 Å². The van der Waals surface area contributed by atoms with Crippen LogP contribution >= 0.6 is 0 Å². The van der Waals surface area contributed by atoms with Crippen LogP contribution in [0, 0.1) is 0 Å². The predicted octanol–water partition coefficient (Wildman–Crippen LogP) is 5.76. The van der Waals surface area contributed by atoms with Gasteiger partial charge in [0.2, 0.25) is 0 Å². The molecule has 3 heterocycles. The van der Waals surface area contributed by atoms with Gasteiger partial charge in [-0.2, -0.15) is 0 Å². The number of hydrogen-bond donors (Lipinski definition) is 0. The molecule has 0 bridgehead atoms. The maximum absolute atomic E-state index is 6.06. The molecule has 0 atom stereocenters. The minimum atomic E-state index is 0.866. The van der Waals surface area contributed by atoms with E-state index < -0.39 is 0 Å². The van der Waals surface area contributed by atoms with E-state index in [1.165, 1.54) is 24.0 Å². The summed E-state index contributed by atoms with van der Waals surface area (Å²) in [6.07, 6.45) is 4.44. The number of anilines is 1. The number of aromatic nitrogens is 1. The van der Waals surface area contributed by atoms with Crippen LogP contribution in [0.4, 0.5) is 5.82 Å². The summed E-state index contributed by atoms with van der Waals surface area (Å²) in [5.41, 5.74) is 4.34. The van der Waals surface area contributed by atoms with E-state index in [0.717, 1.165) is 41.2 Å². The highest BCUT2D eigenvalue weighted by molar-refractivity contribution is 5.87. The number of nitrogens with zero attached hydrogens (tertiary/aromatic N) is 2. The first kappa shape index (κ1) is 15.2. The second kappa shape index (κ2) is 6.34. The van der Waals surface area contributed by atoms with Gasteiger partial charge in [0.25, 0.3) is 0 Å². The fraction of sp³-hybridized carbons (Fsp3) is 0.174. The van der Waals surface area contributed by atoms with E-state index in [2.05, 4.69) is 64.5 Å². The third kappa shape index (κ3) is 2.76. The standard InChI is InChI=1S/C23H20N2O/c1-2-6-17(7-3-1)18-8-10-21-20(14-18)15-22(26-21)19-9-11-23(24-16-19)25-12-4-5-13-25/h1-3,6-11,14-16H,4-5,12-13H2. The fourth-order valence-corrected chi connectivity index (χ4v) is 3.66. The summed E-state index contributed by atoms with van der Waals surface area (Å²) >= 11 is 0. The Kier molecular flexibility index (Phi) is 3.71. The predicted molar refractivity (Wildman–Crippen MR) is 106 cm³/mol. The highest BCUT2D eigenvalue weighted by Gasteiger charge is 2.14. The molecule has 0 N–H and O–H groups in total. The van der Waals surface area contributed by atoms with Gasteiger partial charge in [-0.05, 0) is 54.3 Å². The summed E-state index contributed by atoms with van der Waals surface area (Å²) in [5.74, 6) is 1.93. The van der Waals surface area contributed by atoms with Gasteiger partial charge >= 0.3 is 0 Å². The van der Waals surface area contributed by atoms with Crippen LogP contribution in [0.3, 0.4) is 0 Å². The lowest BCUT2D eigenvalue weighted by molar-refractivity contribution is 0.631. The first-order chi connectivity index (χ1) is 12.9. The van der Waals surface area contributed by atoms with Crippen molar-refractivity contribution in [3.8, 4) is 22.5 Å². The van der Waals surface area contributed by atoms with E-state index in [-0.39, 0.29) is 0 Å². The van der Waals surface area contributed by atoms with Gasteiger partial charge in [-0.1, -0.05) is 36.4 Å². The molecule has 1 aliphatic rings. The summed E-state index contributed by atoms with van der Waals surface area (Å²) in [6.45, 7) is 2.22. The average Bonchev–Trinajstić information content (AvgIpc) is 3.38. The molecule has 1 fully saturated rings. The maximum atomic E-state index is 6.06. The van der Waals surface area contributed by atoms with Crippen LogP contribution in [-0.4, -0.2) is 18.1 Å². The molecule has 0 spiro atoms. The first-order valence-corrected chi connectivity index (χ1v) is 9.17. The van der Waals surface area contributed by atoms with Gasteiger partial charge in [0.15, 0.2) is 0 Å². The quantitative estimate of drug-likeness (QED) is 0.475. The monoisotopic (exact) mass is 340 g/mol. The molecular weight excluding hydrogens is 320 g/mol. The van der Waals surface area contributed by atoms with Gasteiger partial charge in [0.05, 0.1) is 0 Å². The topological polar surface area (TPSA) is 29.3 Å². The molecule has 26 heavy (non-hydrogen) atoms. The van der Waals surface area contributed by atoms with Crippen LogP contribution in [0.1, 0.15) is 12.8 Å². The van der Waals surface area contributed by atoms with E-state index in [0.29, 0.717) is 0 Å². The Bertz CT molecular complexity index is 1030. The van der Waals surface area contributed by atoms with Crippen LogP contribution in [-0.2, 0) is 0 Å². The van der Waals surface area contributed by atoms with E-state index in [9.17, 15) is 0 Å². The van der Waals surface area contributed by atoms with Crippen LogP contribution in [0.15, 0.2) is 77.3 Å². The molecule has 5 rings (SSSR count). The van der Waals surface area contributed by atoms with Crippen molar-refractivity contribution in [3.05, 3.63) is 72.9 Å². The molecule has 0 amide bonds. The number of fused-ring (bicyclic) bond motifs is 1. The molecule has 4 aromatic rings. The Morgan fingerprint density at radius 2 is 1.58 bits per heavy atom. The molecule has 3 heteroatoms. The van der Waals surface area contributed by atoms with Gasteiger partial charge in [-0.25, -0.2) is 4.98 Å². The summed E-state index contributed by atoms with van der Waals surface area (Å²) in [5, 5.41) is 1.12. The third-order valence-corrected chi connectivity index (χ3v) is 5.09. The van der Waals surface area contributed by atoms with E-state index in [1.54, 1.807) is 0 Å². The van der Waals surface area contributed by atoms with Gasteiger partial charge in [-0.3, -0.25) is 0 Å². The van der Waals surface area contributed by atoms with Crippen molar-refractivity contribution in [1.29, 1.82) is 0 Å². The molecule has 0 unspecified atom stereocenters. The van der Waals surface area contributed by atoms with Crippen molar-refractivity contribution >= 4 is 16.8 Å². The molecule has 1 aliphatic heterocycles. The van der Waals surface area contributed by atoms with Crippen LogP contribution < -0.4 is 4.90 Å². The van der Waals surface area contributed by atoms with E-state index in [4.69, 9.17) is 4.42 Å². The largest absolute Gasteiger partial charge is 0.456 e. The molecule has 0 radical (unpaired) electrons. The molecule has 3 nitrogen and oxygen atoms in total. The normalized spacial score (nSPS) is 14.2. The van der Waals surface area contributed by atoms with E-state index in [1.807, 2.05) is 18.3 Å². The molecule has 0 saturated carbocycles. The van der Waals surface area contributed by atoms with Crippen molar-refractivity contribution in [3.63, 3.8) is 0 Å². The zero-order chi connectivity index (χ0) is 17.3. The molecule has 2 aromatic carbocycles. The van der Waals surface area contributed by atoms with Gasteiger partial charge < -0.3 is 9.32 Å². The zero-order valence-electron chi connectivity index (χ0n) is 14.6.